The molecule has 4 atom stereocenters. The van der Waals surface area contributed by atoms with Gasteiger partial charge in [-0.15, -0.1) is 0 Å². The van der Waals surface area contributed by atoms with Crippen LogP contribution in [0.5, 0.6) is 0 Å². The van der Waals surface area contributed by atoms with Gasteiger partial charge in [0, 0.05) is 50.5 Å². The standard InChI is InChI=1S/C29H41N5O6/c1-19(27(40-3)23-8-7-16-30-23)28(38)32-20(2)29(39)33-22-12-10-21(11-13-22)18-31-24(35)9-5-4-6-17-34-25(36)14-15-26(34)37/h10-15,19-20,23,27,30H,4-9,16-18H2,1-3H3,(H,31,35)(H,32,38)(H,33,39)/t19-,20+,23+,27-/m1/s1. The monoisotopic (exact) mass is 555 g/mol. The molecular formula is C29H41N5O6. The number of rotatable bonds is 15. The van der Waals surface area contributed by atoms with E-state index in [0.717, 1.165) is 31.4 Å². The predicted molar refractivity (Wildman–Crippen MR) is 150 cm³/mol. The fourth-order valence-corrected chi connectivity index (χ4v) is 4.90. The molecule has 0 bridgehead atoms. The topological polar surface area (TPSA) is 146 Å². The molecule has 0 radical (unpaired) electrons. The van der Waals surface area contributed by atoms with Gasteiger partial charge in [0.15, 0.2) is 0 Å². The summed E-state index contributed by atoms with van der Waals surface area (Å²) in [5.74, 6) is -1.62. The number of carbonyl (C=O) groups excluding carboxylic acids is 5. The van der Waals surface area contributed by atoms with Crippen molar-refractivity contribution in [3.05, 3.63) is 42.0 Å². The predicted octanol–water partition coefficient (Wildman–Crippen LogP) is 1.63. The minimum Gasteiger partial charge on any atom is -0.379 e. The van der Waals surface area contributed by atoms with Gasteiger partial charge in [0.1, 0.15) is 6.04 Å². The number of hydrogen-bond donors (Lipinski definition) is 4. The van der Waals surface area contributed by atoms with Crippen LogP contribution in [0.15, 0.2) is 36.4 Å². The first-order chi connectivity index (χ1) is 19.2. The molecule has 1 aromatic carbocycles. The highest BCUT2D eigenvalue weighted by atomic mass is 16.5. The molecule has 1 saturated heterocycles. The maximum absolute atomic E-state index is 12.8. The molecule has 2 aliphatic heterocycles. The zero-order valence-electron chi connectivity index (χ0n) is 23.5. The molecule has 0 saturated carbocycles. The van der Waals surface area contributed by atoms with Crippen molar-refractivity contribution in [1.29, 1.82) is 0 Å². The number of nitrogens with one attached hydrogen (secondary N) is 4. The second-order valence-corrected chi connectivity index (χ2v) is 10.4. The van der Waals surface area contributed by atoms with Gasteiger partial charge < -0.3 is 26.0 Å². The molecule has 2 heterocycles. The van der Waals surface area contributed by atoms with Gasteiger partial charge in [-0.1, -0.05) is 25.5 Å². The van der Waals surface area contributed by atoms with E-state index < -0.39 is 12.0 Å². The Bertz CT molecular complexity index is 1060. The Hall–Kier alpha value is -3.57. The quantitative estimate of drug-likeness (QED) is 0.190. The number of amides is 5. The van der Waals surface area contributed by atoms with Crippen LogP contribution in [0.3, 0.4) is 0 Å². The third-order valence-corrected chi connectivity index (χ3v) is 7.32. The molecule has 40 heavy (non-hydrogen) atoms. The molecular weight excluding hydrogens is 514 g/mol. The highest BCUT2D eigenvalue weighted by Crippen LogP contribution is 2.19. The summed E-state index contributed by atoms with van der Waals surface area (Å²) in [5.41, 5.74) is 1.47. The molecule has 11 heteroatoms. The van der Waals surface area contributed by atoms with E-state index in [9.17, 15) is 24.0 Å². The Morgan fingerprint density at radius 2 is 1.73 bits per heavy atom. The largest absolute Gasteiger partial charge is 0.379 e. The summed E-state index contributed by atoms with van der Waals surface area (Å²) in [7, 11) is 1.60. The molecule has 5 amide bonds. The lowest BCUT2D eigenvalue weighted by Crippen LogP contribution is -2.50. The Morgan fingerprint density at radius 1 is 1.02 bits per heavy atom. The molecule has 0 aromatic heterocycles. The summed E-state index contributed by atoms with van der Waals surface area (Å²) < 4.78 is 5.58. The summed E-state index contributed by atoms with van der Waals surface area (Å²) in [4.78, 5) is 61.8. The van der Waals surface area contributed by atoms with E-state index in [0.29, 0.717) is 38.0 Å². The molecule has 0 spiro atoms. The molecule has 4 N–H and O–H groups in total. The smallest absolute Gasteiger partial charge is 0.253 e. The minimum atomic E-state index is -0.726. The third-order valence-electron chi connectivity index (χ3n) is 7.32. The number of ether oxygens (including phenoxy) is 1. The molecule has 1 aromatic rings. The number of anilines is 1. The number of methoxy groups -OCH3 is 1. The molecule has 0 aliphatic carbocycles. The van der Waals surface area contributed by atoms with E-state index in [2.05, 4.69) is 21.3 Å². The molecule has 1 fully saturated rings. The SMILES string of the molecule is CO[C@@H]([C@@H]1CCCN1)[C@@H](C)C(=O)N[C@@H](C)C(=O)Nc1ccc(CNC(=O)CCCCCN2C(=O)C=CC2=O)cc1. The van der Waals surface area contributed by atoms with Crippen LogP contribution in [-0.4, -0.2) is 72.8 Å². The van der Waals surface area contributed by atoms with E-state index in [1.54, 1.807) is 26.2 Å². The first-order valence-electron chi connectivity index (χ1n) is 14.0. The molecule has 3 rings (SSSR count). The van der Waals surface area contributed by atoms with Crippen LogP contribution < -0.4 is 21.3 Å². The first-order valence-corrected chi connectivity index (χ1v) is 14.0. The van der Waals surface area contributed by atoms with Crippen LogP contribution in [0.2, 0.25) is 0 Å². The van der Waals surface area contributed by atoms with E-state index >= 15 is 0 Å². The fourth-order valence-electron chi connectivity index (χ4n) is 4.90. The van der Waals surface area contributed by atoms with E-state index in [-0.39, 0.29) is 41.7 Å². The number of imide groups is 1. The van der Waals surface area contributed by atoms with Gasteiger partial charge in [0.05, 0.1) is 12.0 Å². The van der Waals surface area contributed by atoms with Crippen molar-refractivity contribution in [3.63, 3.8) is 0 Å². The Kier molecular flexibility index (Phi) is 11.8. The molecule has 2 aliphatic rings. The second kappa shape index (κ2) is 15.3. The fraction of sp³-hybridized carbons (Fsp3) is 0.552. The highest BCUT2D eigenvalue weighted by molar-refractivity contribution is 6.12. The lowest BCUT2D eigenvalue weighted by molar-refractivity contribution is -0.137. The summed E-state index contributed by atoms with van der Waals surface area (Å²) in [6, 6.07) is 6.53. The van der Waals surface area contributed by atoms with E-state index in [1.807, 2.05) is 19.1 Å². The van der Waals surface area contributed by atoms with Crippen LogP contribution >= 0.6 is 0 Å². The Labute approximate surface area is 235 Å². The van der Waals surface area contributed by atoms with Crippen molar-refractivity contribution in [3.8, 4) is 0 Å². The van der Waals surface area contributed by atoms with E-state index in [4.69, 9.17) is 4.74 Å². The average Bonchev–Trinajstić information content (AvgIpc) is 3.58. The number of benzene rings is 1. The summed E-state index contributed by atoms with van der Waals surface area (Å²) in [6.07, 6.45) is 6.70. The van der Waals surface area contributed by atoms with Gasteiger partial charge in [-0.2, -0.15) is 0 Å². The van der Waals surface area contributed by atoms with E-state index in [1.165, 1.54) is 17.1 Å². The molecule has 11 nitrogen and oxygen atoms in total. The lowest BCUT2D eigenvalue weighted by atomic mass is 9.95. The normalized spacial score (nSPS) is 18.9. The van der Waals surface area contributed by atoms with Crippen molar-refractivity contribution < 1.29 is 28.7 Å². The number of hydrogen-bond acceptors (Lipinski definition) is 7. The maximum Gasteiger partial charge on any atom is 0.253 e. The van der Waals surface area contributed by atoms with Crippen LogP contribution in [0.4, 0.5) is 5.69 Å². The van der Waals surface area contributed by atoms with Crippen molar-refractivity contribution in [1.82, 2.24) is 20.9 Å². The van der Waals surface area contributed by atoms with Gasteiger partial charge in [0.25, 0.3) is 11.8 Å². The zero-order chi connectivity index (χ0) is 29.1. The average molecular weight is 556 g/mol. The maximum atomic E-state index is 12.8. The Morgan fingerprint density at radius 3 is 2.35 bits per heavy atom. The van der Waals surface area contributed by atoms with Gasteiger partial charge in [-0.25, -0.2) is 0 Å². The number of nitrogens with zero attached hydrogens (tertiary/aromatic N) is 1. The van der Waals surface area contributed by atoms with Crippen molar-refractivity contribution >= 4 is 35.2 Å². The Balaban J connectivity index is 1.33. The first kappa shape index (κ1) is 31.0. The van der Waals surface area contributed by atoms with Crippen molar-refractivity contribution in [2.75, 3.05) is 25.5 Å². The van der Waals surface area contributed by atoms with Crippen molar-refractivity contribution in [2.24, 2.45) is 5.92 Å². The summed E-state index contributed by atoms with van der Waals surface area (Å²) >= 11 is 0. The summed E-state index contributed by atoms with van der Waals surface area (Å²) in [6.45, 7) is 5.09. The summed E-state index contributed by atoms with van der Waals surface area (Å²) in [5, 5.41) is 11.8. The third kappa shape index (κ3) is 8.99. The molecule has 218 valence electrons. The minimum absolute atomic E-state index is 0.0782. The van der Waals surface area contributed by atoms with Gasteiger partial charge in [0.2, 0.25) is 17.7 Å². The lowest BCUT2D eigenvalue weighted by Gasteiger charge is -2.28. The van der Waals surface area contributed by atoms with Gasteiger partial charge in [-0.3, -0.25) is 28.9 Å². The van der Waals surface area contributed by atoms with Gasteiger partial charge in [-0.05, 0) is 56.8 Å². The second-order valence-electron chi connectivity index (χ2n) is 10.4. The van der Waals surface area contributed by atoms with Crippen LogP contribution in [0.1, 0.15) is 57.9 Å². The van der Waals surface area contributed by atoms with Crippen molar-refractivity contribution in [2.45, 2.75) is 77.1 Å². The highest BCUT2D eigenvalue weighted by Gasteiger charge is 2.33. The molecule has 0 unspecified atom stereocenters. The number of unbranched alkanes of at least 4 members (excludes halogenated alkanes) is 2. The van der Waals surface area contributed by atoms with Crippen LogP contribution in [0, 0.1) is 5.92 Å². The number of carbonyl (C=O) groups is 5. The zero-order valence-corrected chi connectivity index (χ0v) is 23.5. The van der Waals surface area contributed by atoms with Gasteiger partial charge >= 0.3 is 0 Å². The van der Waals surface area contributed by atoms with Crippen LogP contribution in [-0.2, 0) is 35.3 Å². The van der Waals surface area contributed by atoms with Crippen LogP contribution in [0.25, 0.3) is 0 Å².